The van der Waals surface area contributed by atoms with Gasteiger partial charge in [-0.3, -0.25) is 0 Å². The van der Waals surface area contributed by atoms with Gasteiger partial charge in [0, 0.05) is 6.07 Å². The van der Waals surface area contributed by atoms with E-state index in [1.807, 2.05) is 48.5 Å². The summed E-state index contributed by atoms with van der Waals surface area (Å²) in [4.78, 5) is 17.1. The second kappa shape index (κ2) is 9.78. The predicted molar refractivity (Wildman–Crippen MR) is 118 cm³/mol. The second-order valence-electron chi connectivity index (χ2n) is 6.97. The third-order valence-corrected chi connectivity index (χ3v) is 4.92. The summed E-state index contributed by atoms with van der Waals surface area (Å²) >= 11 is 0. The first-order valence-corrected chi connectivity index (χ1v) is 10.0. The van der Waals surface area contributed by atoms with Gasteiger partial charge in [0.25, 0.3) is 5.89 Å². The number of rotatable bonds is 8. The van der Waals surface area contributed by atoms with Gasteiger partial charge in [0.15, 0.2) is 6.61 Å². The summed E-state index contributed by atoms with van der Waals surface area (Å²) in [7, 11) is 3.13. The molecule has 162 valence electrons. The van der Waals surface area contributed by atoms with Crippen LogP contribution < -0.4 is 9.47 Å². The van der Waals surface area contributed by atoms with Gasteiger partial charge < -0.3 is 18.7 Å². The number of nitrogens with zero attached hydrogens (tertiary/aromatic N) is 2. The Balaban J connectivity index is 1.46. The molecule has 0 amide bonds. The third kappa shape index (κ3) is 4.78. The monoisotopic (exact) mass is 430 g/mol. The highest BCUT2D eigenvalue weighted by molar-refractivity contribution is 5.91. The molecule has 0 aliphatic carbocycles. The Morgan fingerprint density at radius 1 is 0.938 bits per heavy atom. The number of benzene rings is 3. The van der Waals surface area contributed by atoms with Crippen LogP contribution in [0.1, 0.15) is 27.4 Å². The molecule has 0 aliphatic heterocycles. The van der Waals surface area contributed by atoms with Gasteiger partial charge in [-0.1, -0.05) is 53.7 Å². The van der Waals surface area contributed by atoms with E-state index in [1.54, 1.807) is 38.5 Å². The number of ether oxygens (including phenoxy) is 3. The van der Waals surface area contributed by atoms with E-state index in [0.29, 0.717) is 34.9 Å². The molecular weight excluding hydrogens is 408 g/mol. The second-order valence-corrected chi connectivity index (χ2v) is 6.97. The van der Waals surface area contributed by atoms with Crippen molar-refractivity contribution in [3.05, 3.63) is 95.4 Å². The molecule has 0 saturated carbocycles. The number of carbonyl (C=O) groups excluding carboxylic acids is 1. The average Bonchev–Trinajstić information content (AvgIpc) is 3.32. The van der Waals surface area contributed by atoms with Crippen molar-refractivity contribution >= 4 is 5.97 Å². The molecule has 0 spiro atoms. The van der Waals surface area contributed by atoms with Crippen molar-refractivity contribution < 1.29 is 23.5 Å². The molecule has 32 heavy (non-hydrogen) atoms. The van der Waals surface area contributed by atoms with Crippen molar-refractivity contribution in [1.29, 1.82) is 0 Å². The quantitative estimate of drug-likeness (QED) is 0.375. The minimum Gasteiger partial charge on any atom is -0.497 e. The Labute approximate surface area is 185 Å². The normalized spacial score (nSPS) is 10.6. The van der Waals surface area contributed by atoms with Crippen LogP contribution in [-0.2, 0) is 17.8 Å². The molecule has 7 heteroatoms. The lowest BCUT2D eigenvalue weighted by Crippen LogP contribution is -2.09. The van der Waals surface area contributed by atoms with E-state index < -0.39 is 5.97 Å². The van der Waals surface area contributed by atoms with Crippen molar-refractivity contribution in [3.8, 4) is 22.9 Å². The highest BCUT2D eigenvalue weighted by atomic mass is 16.6. The van der Waals surface area contributed by atoms with Crippen LogP contribution in [0.3, 0.4) is 0 Å². The minimum atomic E-state index is -0.446. The van der Waals surface area contributed by atoms with Crippen LogP contribution >= 0.6 is 0 Å². The summed E-state index contributed by atoms with van der Waals surface area (Å²) in [6, 6.07) is 22.6. The molecule has 3 aromatic carbocycles. The van der Waals surface area contributed by atoms with Gasteiger partial charge in [0.1, 0.15) is 11.5 Å². The SMILES string of the molecule is COc1ccc(-c2noc(COC(=O)c3ccccc3Cc3ccccc3)n2)c(OC)c1. The average molecular weight is 430 g/mol. The number of hydrogen-bond acceptors (Lipinski definition) is 7. The van der Waals surface area contributed by atoms with E-state index >= 15 is 0 Å². The van der Waals surface area contributed by atoms with Gasteiger partial charge in [-0.2, -0.15) is 4.98 Å². The molecule has 0 N–H and O–H groups in total. The van der Waals surface area contributed by atoms with E-state index in [2.05, 4.69) is 10.1 Å². The van der Waals surface area contributed by atoms with E-state index in [9.17, 15) is 4.79 Å². The van der Waals surface area contributed by atoms with Crippen LogP contribution in [0.4, 0.5) is 0 Å². The van der Waals surface area contributed by atoms with Crippen LogP contribution in [0, 0.1) is 0 Å². The first-order chi connectivity index (χ1) is 15.7. The van der Waals surface area contributed by atoms with Crippen molar-refractivity contribution in [3.63, 3.8) is 0 Å². The highest BCUT2D eigenvalue weighted by Crippen LogP contribution is 2.31. The van der Waals surface area contributed by atoms with Crippen molar-refractivity contribution in [2.75, 3.05) is 14.2 Å². The maximum Gasteiger partial charge on any atom is 0.338 e. The van der Waals surface area contributed by atoms with Gasteiger partial charge in [-0.25, -0.2) is 4.79 Å². The molecule has 0 bridgehead atoms. The summed E-state index contributed by atoms with van der Waals surface area (Å²) in [5, 5.41) is 3.98. The molecule has 0 fully saturated rings. The lowest BCUT2D eigenvalue weighted by Gasteiger charge is -2.09. The lowest BCUT2D eigenvalue weighted by molar-refractivity contribution is 0.0428. The van der Waals surface area contributed by atoms with Crippen LogP contribution in [0.15, 0.2) is 77.3 Å². The number of hydrogen-bond donors (Lipinski definition) is 0. The Morgan fingerprint density at radius 2 is 1.72 bits per heavy atom. The van der Waals surface area contributed by atoms with Crippen LogP contribution in [0.2, 0.25) is 0 Å². The summed E-state index contributed by atoms with van der Waals surface area (Å²) in [5.41, 5.74) is 3.15. The molecule has 1 heterocycles. The molecule has 4 aromatic rings. The lowest BCUT2D eigenvalue weighted by atomic mass is 10.00. The fourth-order valence-corrected chi connectivity index (χ4v) is 3.30. The fraction of sp³-hybridized carbons (Fsp3) is 0.160. The number of carbonyl (C=O) groups is 1. The van der Waals surface area contributed by atoms with E-state index in [-0.39, 0.29) is 12.5 Å². The molecule has 0 radical (unpaired) electrons. The van der Waals surface area contributed by atoms with Crippen LogP contribution in [-0.4, -0.2) is 30.3 Å². The maximum atomic E-state index is 12.7. The predicted octanol–water partition coefficient (Wildman–Crippen LogP) is 4.70. The summed E-state index contributed by atoms with van der Waals surface area (Å²) in [6.07, 6.45) is 0.633. The molecule has 4 rings (SSSR count). The minimum absolute atomic E-state index is 0.135. The Hall–Kier alpha value is -4.13. The smallest absolute Gasteiger partial charge is 0.338 e. The maximum absolute atomic E-state index is 12.7. The van der Waals surface area contributed by atoms with E-state index in [0.717, 1.165) is 11.1 Å². The number of esters is 1. The first-order valence-electron chi connectivity index (χ1n) is 10.0. The number of methoxy groups -OCH3 is 2. The zero-order valence-corrected chi connectivity index (χ0v) is 17.8. The van der Waals surface area contributed by atoms with Gasteiger partial charge in [0.2, 0.25) is 5.82 Å². The van der Waals surface area contributed by atoms with Crippen molar-refractivity contribution in [2.24, 2.45) is 0 Å². The summed E-state index contributed by atoms with van der Waals surface area (Å²) in [6.45, 7) is -0.135. The Kier molecular flexibility index (Phi) is 6.46. The van der Waals surface area contributed by atoms with Crippen molar-refractivity contribution in [1.82, 2.24) is 10.1 Å². The molecule has 1 aromatic heterocycles. The number of aromatic nitrogens is 2. The summed E-state index contributed by atoms with van der Waals surface area (Å²) < 4.78 is 21.3. The van der Waals surface area contributed by atoms with Crippen molar-refractivity contribution in [2.45, 2.75) is 13.0 Å². The van der Waals surface area contributed by atoms with E-state index in [1.165, 1.54) is 0 Å². The van der Waals surface area contributed by atoms with Crippen LogP contribution in [0.25, 0.3) is 11.4 Å². The van der Waals surface area contributed by atoms with Gasteiger partial charge >= 0.3 is 5.97 Å². The van der Waals surface area contributed by atoms with Gasteiger partial charge in [-0.15, -0.1) is 0 Å². The topological polar surface area (TPSA) is 83.7 Å². The highest BCUT2D eigenvalue weighted by Gasteiger charge is 2.17. The molecule has 0 unspecified atom stereocenters. The fourth-order valence-electron chi connectivity index (χ4n) is 3.30. The van der Waals surface area contributed by atoms with Gasteiger partial charge in [0.05, 0.1) is 25.3 Å². The molecule has 7 nitrogen and oxygen atoms in total. The first kappa shape index (κ1) is 21.1. The zero-order valence-electron chi connectivity index (χ0n) is 17.8. The Morgan fingerprint density at radius 3 is 2.50 bits per heavy atom. The molecular formula is C25H22N2O5. The third-order valence-electron chi connectivity index (χ3n) is 4.92. The molecule has 0 aliphatic rings. The molecule has 0 atom stereocenters. The zero-order chi connectivity index (χ0) is 22.3. The Bertz CT molecular complexity index is 1200. The largest absolute Gasteiger partial charge is 0.497 e. The van der Waals surface area contributed by atoms with Crippen LogP contribution in [0.5, 0.6) is 11.5 Å². The van der Waals surface area contributed by atoms with E-state index in [4.69, 9.17) is 18.7 Å². The summed E-state index contributed by atoms with van der Waals surface area (Å²) in [5.74, 6) is 1.27. The standard InChI is InChI=1S/C25H22N2O5/c1-29-19-12-13-21(22(15-19)30-2)24-26-23(32-27-24)16-31-25(28)20-11-7-6-10-18(20)14-17-8-4-3-5-9-17/h3-13,15H,14,16H2,1-2H3. The van der Waals surface area contributed by atoms with Gasteiger partial charge in [-0.05, 0) is 35.7 Å². The molecule has 0 saturated heterocycles.